The van der Waals surface area contributed by atoms with E-state index in [4.69, 9.17) is 4.74 Å². The van der Waals surface area contributed by atoms with Gasteiger partial charge in [0.15, 0.2) is 0 Å². The van der Waals surface area contributed by atoms with Crippen LogP contribution in [-0.2, 0) is 24.3 Å². The molecule has 0 saturated heterocycles. The van der Waals surface area contributed by atoms with Crippen LogP contribution in [0.15, 0.2) is 30.5 Å². The number of para-hydroxylation sites is 1. The third-order valence-corrected chi connectivity index (χ3v) is 5.65. The quantitative estimate of drug-likeness (QED) is 0.717. The van der Waals surface area contributed by atoms with E-state index >= 15 is 0 Å². The molecule has 0 unspecified atom stereocenters. The zero-order valence-corrected chi connectivity index (χ0v) is 16.8. The molecule has 2 aliphatic rings. The lowest BCUT2D eigenvalue weighted by Gasteiger charge is -2.24. The van der Waals surface area contributed by atoms with Gasteiger partial charge in [-0.25, -0.2) is 0 Å². The van der Waals surface area contributed by atoms with Crippen molar-refractivity contribution in [2.75, 3.05) is 13.2 Å². The number of nitrogens with zero attached hydrogens (tertiary/aromatic N) is 2. The Bertz CT molecular complexity index is 888. The van der Waals surface area contributed by atoms with Gasteiger partial charge in [0.1, 0.15) is 5.75 Å². The van der Waals surface area contributed by atoms with Crippen LogP contribution in [0.3, 0.4) is 0 Å². The van der Waals surface area contributed by atoms with Gasteiger partial charge in [-0.05, 0) is 43.6 Å². The van der Waals surface area contributed by atoms with Crippen LogP contribution in [0, 0.1) is 11.8 Å². The monoisotopic (exact) mass is 396 g/mol. The van der Waals surface area contributed by atoms with Gasteiger partial charge in [-0.2, -0.15) is 5.10 Å². The molecular formula is C22H28N4O3. The second-order valence-electron chi connectivity index (χ2n) is 8.07. The summed E-state index contributed by atoms with van der Waals surface area (Å²) >= 11 is 0. The summed E-state index contributed by atoms with van der Waals surface area (Å²) in [4.78, 5) is 24.0. The van der Waals surface area contributed by atoms with Crippen LogP contribution >= 0.6 is 0 Å². The van der Waals surface area contributed by atoms with Crippen molar-refractivity contribution in [1.29, 1.82) is 0 Å². The lowest BCUT2D eigenvalue weighted by atomic mass is 9.94. The smallest absolute Gasteiger partial charge is 0.255 e. The van der Waals surface area contributed by atoms with Crippen LogP contribution in [0.2, 0.25) is 0 Å². The van der Waals surface area contributed by atoms with Crippen LogP contribution in [0.4, 0.5) is 0 Å². The van der Waals surface area contributed by atoms with Crippen molar-refractivity contribution in [1.82, 2.24) is 20.4 Å². The number of hydrogen-bond acceptors (Lipinski definition) is 4. The standard InChI is InChI=1S/C22H28N4O3/c1-15(27)23-11-17-8-9-26-20(10-17)19(13-25-26)22(28)24-12-18-4-2-3-5-21(18)29-14-16-6-7-16/h2-5,13,16-17H,6-12,14H2,1H3,(H,23,27)(H,24,28)/t17-/m1/s1. The molecule has 1 aromatic heterocycles. The fourth-order valence-corrected chi connectivity index (χ4v) is 3.70. The predicted molar refractivity (Wildman–Crippen MR) is 109 cm³/mol. The SMILES string of the molecule is CC(=O)NC[C@@H]1CCn2ncc(C(=O)NCc3ccccc3OCC3CC3)c2C1. The first-order valence-electron chi connectivity index (χ1n) is 10.4. The Balaban J connectivity index is 1.38. The molecule has 1 aliphatic carbocycles. The molecule has 1 aliphatic heterocycles. The molecule has 1 fully saturated rings. The van der Waals surface area contributed by atoms with Gasteiger partial charge in [0, 0.05) is 32.1 Å². The highest BCUT2D eigenvalue weighted by Gasteiger charge is 2.26. The fourth-order valence-electron chi connectivity index (χ4n) is 3.70. The van der Waals surface area contributed by atoms with Crippen molar-refractivity contribution in [3.8, 4) is 5.75 Å². The average molecular weight is 396 g/mol. The Kier molecular flexibility index (Phi) is 5.83. The lowest BCUT2D eigenvalue weighted by molar-refractivity contribution is -0.119. The summed E-state index contributed by atoms with van der Waals surface area (Å²) in [7, 11) is 0. The molecule has 7 nitrogen and oxygen atoms in total. The summed E-state index contributed by atoms with van der Waals surface area (Å²) in [6.07, 6.45) is 5.83. The first-order chi connectivity index (χ1) is 14.1. The number of benzene rings is 1. The molecular weight excluding hydrogens is 368 g/mol. The third kappa shape index (κ3) is 4.96. The van der Waals surface area contributed by atoms with Crippen LogP contribution in [0.1, 0.15) is 47.8 Å². The molecule has 0 bridgehead atoms. The summed E-state index contributed by atoms with van der Waals surface area (Å²) in [5, 5.41) is 10.3. The van der Waals surface area contributed by atoms with E-state index in [1.165, 1.54) is 19.8 Å². The summed E-state index contributed by atoms with van der Waals surface area (Å²) in [5.74, 6) is 1.70. The molecule has 2 amide bonds. The molecule has 2 heterocycles. The minimum Gasteiger partial charge on any atom is -0.493 e. The first kappa shape index (κ1) is 19.5. The molecule has 29 heavy (non-hydrogen) atoms. The molecule has 154 valence electrons. The molecule has 2 aromatic rings. The van der Waals surface area contributed by atoms with Crippen LogP contribution in [0.5, 0.6) is 5.75 Å². The Labute approximate surface area is 170 Å². The van der Waals surface area contributed by atoms with Crippen molar-refractivity contribution < 1.29 is 14.3 Å². The number of ether oxygens (including phenoxy) is 1. The van der Waals surface area contributed by atoms with E-state index in [0.717, 1.165) is 43.0 Å². The molecule has 1 atom stereocenters. The number of aryl methyl sites for hydroxylation is 1. The number of rotatable bonds is 8. The molecule has 1 aromatic carbocycles. The van der Waals surface area contributed by atoms with Gasteiger partial charge in [0.2, 0.25) is 5.91 Å². The van der Waals surface area contributed by atoms with E-state index < -0.39 is 0 Å². The molecule has 7 heteroatoms. The zero-order chi connectivity index (χ0) is 20.2. The van der Waals surface area contributed by atoms with E-state index in [-0.39, 0.29) is 11.8 Å². The normalized spacial score (nSPS) is 18.0. The topological polar surface area (TPSA) is 85.2 Å². The van der Waals surface area contributed by atoms with E-state index in [2.05, 4.69) is 15.7 Å². The fraction of sp³-hybridized carbons (Fsp3) is 0.500. The number of amides is 2. The zero-order valence-electron chi connectivity index (χ0n) is 16.8. The highest BCUT2D eigenvalue weighted by Crippen LogP contribution is 2.30. The van der Waals surface area contributed by atoms with E-state index in [9.17, 15) is 9.59 Å². The molecule has 4 rings (SSSR count). The molecule has 0 spiro atoms. The second-order valence-corrected chi connectivity index (χ2v) is 8.07. The first-order valence-corrected chi connectivity index (χ1v) is 10.4. The van der Waals surface area contributed by atoms with Crippen molar-refractivity contribution in [2.45, 2.75) is 45.7 Å². The Hall–Kier alpha value is -2.83. The number of aromatic nitrogens is 2. The highest BCUT2D eigenvalue weighted by atomic mass is 16.5. The lowest BCUT2D eigenvalue weighted by Crippen LogP contribution is -2.33. The van der Waals surface area contributed by atoms with Gasteiger partial charge in [-0.15, -0.1) is 0 Å². The summed E-state index contributed by atoms with van der Waals surface area (Å²) in [5.41, 5.74) is 2.54. The number of nitrogens with one attached hydrogen (secondary N) is 2. The van der Waals surface area contributed by atoms with E-state index in [1.54, 1.807) is 6.20 Å². The number of carbonyl (C=O) groups excluding carboxylic acids is 2. The molecule has 0 radical (unpaired) electrons. The van der Waals surface area contributed by atoms with Crippen molar-refractivity contribution in [2.24, 2.45) is 11.8 Å². The minimum absolute atomic E-state index is 0.0235. The van der Waals surface area contributed by atoms with Crippen molar-refractivity contribution in [3.05, 3.63) is 47.3 Å². The Morgan fingerprint density at radius 2 is 2.00 bits per heavy atom. The van der Waals surface area contributed by atoms with E-state index in [0.29, 0.717) is 30.5 Å². The Morgan fingerprint density at radius 3 is 2.79 bits per heavy atom. The van der Waals surface area contributed by atoms with Gasteiger partial charge < -0.3 is 15.4 Å². The minimum atomic E-state index is -0.122. The van der Waals surface area contributed by atoms with Gasteiger partial charge in [0.25, 0.3) is 5.91 Å². The van der Waals surface area contributed by atoms with Gasteiger partial charge in [-0.3, -0.25) is 14.3 Å². The number of fused-ring (bicyclic) bond motifs is 1. The predicted octanol–water partition coefficient (Wildman–Crippen LogP) is 2.30. The second kappa shape index (κ2) is 8.68. The largest absolute Gasteiger partial charge is 0.493 e. The molecule has 2 N–H and O–H groups in total. The van der Waals surface area contributed by atoms with Gasteiger partial charge in [-0.1, -0.05) is 18.2 Å². The van der Waals surface area contributed by atoms with Crippen LogP contribution in [-0.4, -0.2) is 34.7 Å². The summed E-state index contributed by atoms with van der Waals surface area (Å²) < 4.78 is 7.84. The van der Waals surface area contributed by atoms with Crippen LogP contribution < -0.4 is 15.4 Å². The summed E-state index contributed by atoms with van der Waals surface area (Å²) in [6.45, 7) is 4.09. The van der Waals surface area contributed by atoms with Crippen molar-refractivity contribution in [3.63, 3.8) is 0 Å². The van der Waals surface area contributed by atoms with Gasteiger partial charge in [0.05, 0.1) is 24.1 Å². The maximum absolute atomic E-state index is 12.8. The Morgan fingerprint density at radius 1 is 1.17 bits per heavy atom. The summed E-state index contributed by atoms with van der Waals surface area (Å²) in [6, 6.07) is 7.86. The average Bonchev–Trinajstić information content (AvgIpc) is 3.46. The van der Waals surface area contributed by atoms with Crippen molar-refractivity contribution >= 4 is 11.8 Å². The number of hydrogen-bond donors (Lipinski definition) is 2. The van der Waals surface area contributed by atoms with Crippen LogP contribution in [0.25, 0.3) is 0 Å². The maximum atomic E-state index is 12.8. The number of carbonyl (C=O) groups is 2. The van der Waals surface area contributed by atoms with E-state index in [1.807, 2.05) is 28.9 Å². The highest BCUT2D eigenvalue weighted by molar-refractivity contribution is 5.95. The maximum Gasteiger partial charge on any atom is 0.255 e. The molecule has 1 saturated carbocycles. The van der Waals surface area contributed by atoms with Gasteiger partial charge >= 0.3 is 0 Å². The third-order valence-electron chi connectivity index (χ3n) is 5.65.